The van der Waals surface area contributed by atoms with Gasteiger partial charge in [0.1, 0.15) is 0 Å². The molecular weight excluding hydrogens is 354 g/mol. The maximum Gasteiger partial charge on any atom is 0.0636 e. The van der Waals surface area contributed by atoms with Crippen LogP contribution in [0.25, 0.3) is 0 Å². The number of hydrogen-bond donors (Lipinski definition) is 0. The molecule has 0 N–H and O–H groups in total. The van der Waals surface area contributed by atoms with Crippen molar-refractivity contribution < 1.29 is 0 Å². The summed E-state index contributed by atoms with van der Waals surface area (Å²) in [5, 5.41) is 0.610. The van der Waals surface area contributed by atoms with E-state index in [0.29, 0.717) is 10.3 Å². The molecule has 0 amide bonds. The van der Waals surface area contributed by atoms with E-state index in [0.717, 1.165) is 0 Å². The molecule has 0 aliphatic rings. The Labute approximate surface area is 162 Å². The molecule has 2 nitrogen and oxygen atoms in total. The summed E-state index contributed by atoms with van der Waals surface area (Å²) in [6.07, 6.45) is 8.98. The van der Waals surface area contributed by atoms with Crippen LogP contribution in [0.1, 0.15) is 54.4 Å². The molecule has 0 radical (unpaired) electrons. The van der Waals surface area contributed by atoms with Gasteiger partial charge in [-0.25, -0.2) is 0 Å². The highest BCUT2D eigenvalue weighted by molar-refractivity contribution is 7.67. The predicted molar refractivity (Wildman–Crippen MR) is 120 cm³/mol. The van der Waals surface area contributed by atoms with E-state index in [-0.39, 0.29) is 15.8 Å². The Hall–Kier alpha value is -0.840. The molecule has 142 valence electrons. The van der Waals surface area contributed by atoms with E-state index >= 15 is 0 Å². The van der Waals surface area contributed by atoms with Gasteiger partial charge in [-0.1, -0.05) is 53.7 Å². The Kier molecular flexibility index (Phi) is 7.75. The number of hydrogen-bond acceptors (Lipinski definition) is 2. The maximum absolute atomic E-state index is 4.67. The zero-order chi connectivity index (χ0) is 19.2. The molecule has 2 rings (SSSR count). The third-order valence-corrected chi connectivity index (χ3v) is 10.9. The Morgan fingerprint density at radius 2 is 1.04 bits per heavy atom. The largest absolute Gasteiger partial charge is 0.257 e. The van der Waals surface area contributed by atoms with Gasteiger partial charge in [-0.3, -0.25) is 9.97 Å². The standard InChI is InChI=1S/C22H34N2P2/c1-21(2,3)25(19-13-7-9-15-23-19)17-11-12-18-26(22(4,5)6)20-14-8-10-16-24-20/h7-10,13-16H,11-12,17-18H2,1-6H3. The van der Waals surface area contributed by atoms with Crippen molar-refractivity contribution in [2.24, 2.45) is 0 Å². The smallest absolute Gasteiger partial charge is 0.0636 e. The van der Waals surface area contributed by atoms with Gasteiger partial charge in [-0.15, -0.1) is 0 Å². The van der Waals surface area contributed by atoms with E-state index in [9.17, 15) is 0 Å². The molecule has 0 bridgehead atoms. The molecule has 0 aliphatic heterocycles. The fraction of sp³-hybridized carbons (Fsp3) is 0.545. The van der Waals surface area contributed by atoms with Gasteiger partial charge in [0.25, 0.3) is 0 Å². The molecule has 0 saturated carbocycles. The molecule has 2 atom stereocenters. The molecule has 0 spiro atoms. The molecule has 26 heavy (non-hydrogen) atoms. The first-order chi connectivity index (χ1) is 12.2. The normalized spacial score (nSPS) is 14.8. The first-order valence-corrected chi connectivity index (χ1v) is 12.6. The first kappa shape index (κ1) is 21.5. The van der Waals surface area contributed by atoms with Crippen LogP contribution in [-0.4, -0.2) is 32.6 Å². The number of rotatable bonds is 7. The van der Waals surface area contributed by atoms with Crippen molar-refractivity contribution in [3.05, 3.63) is 48.8 Å². The van der Waals surface area contributed by atoms with E-state index in [1.54, 1.807) is 0 Å². The minimum Gasteiger partial charge on any atom is -0.257 e. The average Bonchev–Trinajstić information content (AvgIpc) is 2.57. The molecule has 4 heteroatoms. The van der Waals surface area contributed by atoms with Gasteiger partial charge in [-0.2, -0.15) is 0 Å². The van der Waals surface area contributed by atoms with Gasteiger partial charge in [0.05, 0.1) is 10.9 Å². The van der Waals surface area contributed by atoms with Crippen molar-refractivity contribution in [3.63, 3.8) is 0 Å². The summed E-state index contributed by atoms with van der Waals surface area (Å²) >= 11 is 0. The van der Waals surface area contributed by atoms with Crippen LogP contribution in [0.15, 0.2) is 48.8 Å². The van der Waals surface area contributed by atoms with Gasteiger partial charge in [0.15, 0.2) is 0 Å². The highest BCUT2D eigenvalue weighted by atomic mass is 31.1. The summed E-state index contributed by atoms with van der Waals surface area (Å²) < 4.78 is 0. The van der Waals surface area contributed by atoms with Crippen LogP contribution in [0, 0.1) is 0 Å². The highest BCUT2D eigenvalue weighted by Gasteiger charge is 2.28. The second-order valence-corrected chi connectivity index (χ2v) is 14.9. The van der Waals surface area contributed by atoms with Crippen molar-refractivity contribution in [3.8, 4) is 0 Å². The summed E-state index contributed by atoms with van der Waals surface area (Å²) in [5.41, 5.74) is 2.61. The predicted octanol–water partition coefficient (Wildman–Crippen LogP) is 5.77. The van der Waals surface area contributed by atoms with Gasteiger partial charge in [0.2, 0.25) is 0 Å². The van der Waals surface area contributed by atoms with Gasteiger partial charge < -0.3 is 0 Å². The topological polar surface area (TPSA) is 25.8 Å². The lowest BCUT2D eigenvalue weighted by Crippen LogP contribution is -2.24. The third-order valence-electron chi connectivity index (χ3n) is 4.48. The molecular formula is C22H34N2P2. The molecule has 0 aliphatic carbocycles. The maximum atomic E-state index is 4.67. The zero-order valence-electron chi connectivity index (χ0n) is 17.2. The summed E-state index contributed by atoms with van der Waals surface area (Å²) in [7, 11) is -0.459. The minimum atomic E-state index is -0.230. The van der Waals surface area contributed by atoms with E-state index < -0.39 is 0 Å². The second-order valence-electron chi connectivity index (χ2n) is 8.73. The van der Waals surface area contributed by atoms with E-state index in [4.69, 9.17) is 0 Å². The van der Waals surface area contributed by atoms with Crippen LogP contribution in [0.5, 0.6) is 0 Å². The molecule has 0 aromatic carbocycles. The molecule has 2 aromatic heterocycles. The monoisotopic (exact) mass is 388 g/mol. The van der Waals surface area contributed by atoms with Crippen molar-refractivity contribution in [1.29, 1.82) is 0 Å². The molecule has 2 heterocycles. The summed E-state index contributed by atoms with van der Waals surface area (Å²) in [4.78, 5) is 9.34. The lowest BCUT2D eigenvalue weighted by atomic mass is 10.3. The third kappa shape index (κ3) is 6.40. The Bertz CT molecular complexity index is 586. The second kappa shape index (κ2) is 9.38. The number of aromatic nitrogens is 2. The van der Waals surface area contributed by atoms with Crippen molar-refractivity contribution in [2.75, 3.05) is 12.3 Å². The number of pyridine rings is 2. The van der Waals surface area contributed by atoms with Crippen LogP contribution in [0.4, 0.5) is 0 Å². The summed E-state index contributed by atoms with van der Waals surface area (Å²) in [6, 6.07) is 12.7. The quantitative estimate of drug-likeness (QED) is 0.445. The number of nitrogens with zero attached hydrogens (tertiary/aromatic N) is 2. The van der Waals surface area contributed by atoms with Crippen LogP contribution in [-0.2, 0) is 0 Å². The SMILES string of the molecule is CC(C)(C)P(CCCCP(c1ccccn1)C(C)(C)C)c1ccccn1. The molecule has 2 aromatic rings. The van der Waals surface area contributed by atoms with Crippen LogP contribution in [0.2, 0.25) is 0 Å². The van der Waals surface area contributed by atoms with Gasteiger partial charge in [0, 0.05) is 12.4 Å². The van der Waals surface area contributed by atoms with Crippen molar-refractivity contribution in [1.82, 2.24) is 9.97 Å². The Morgan fingerprint density at radius 1 is 0.654 bits per heavy atom. The fourth-order valence-electron chi connectivity index (χ4n) is 3.15. The highest BCUT2D eigenvalue weighted by Crippen LogP contribution is 2.50. The zero-order valence-corrected chi connectivity index (χ0v) is 19.0. The average molecular weight is 388 g/mol. The summed E-state index contributed by atoms with van der Waals surface area (Å²) in [5.74, 6) is 0. The van der Waals surface area contributed by atoms with Crippen LogP contribution < -0.4 is 10.9 Å². The molecule has 0 saturated heterocycles. The Morgan fingerprint density at radius 3 is 1.31 bits per heavy atom. The first-order valence-electron chi connectivity index (χ1n) is 9.57. The van der Waals surface area contributed by atoms with Crippen LogP contribution >= 0.6 is 15.8 Å². The van der Waals surface area contributed by atoms with Crippen LogP contribution in [0.3, 0.4) is 0 Å². The van der Waals surface area contributed by atoms with E-state index in [2.05, 4.69) is 75.8 Å². The molecule has 2 unspecified atom stereocenters. The lowest BCUT2D eigenvalue weighted by molar-refractivity contribution is 0.766. The van der Waals surface area contributed by atoms with Crippen molar-refractivity contribution in [2.45, 2.75) is 64.7 Å². The minimum absolute atomic E-state index is 0.230. The number of unbranched alkanes of at least 4 members (excludes halogenated alkanes) is 1. The van der Waals surface area contributed by atoms with Gasteiger partial charge in [-0.05, 0) is 75.6 Å². The Balaban J connectivity index is 1.98. The van der Waals surface area contributed by atoms with E-state index in [1.807, 2.05) is 24.5 Å². The lowest BCUT2D eigenvalue weighted by Gasteiger charge is -2.32. The fourth-order valence-corrected chi connectivity index (χ4v) is 8.35. The van der Waals surface area contributed by atoms with Gasteiger partial charge >= 0.3 is 0 Å². The van der Waals surface area contributed by atoms with E-state index in [1.165, 1.54) is 36.0 Å². The molecule has 0 fully saturated rings. The summed E-state index contributed by atoms with van der Waals surface area (Å²) in [6.45, 7) is 14.2. The van der Waals surface area contributed by atoms with Crippen molar-refractivity contribution >= 4 is 26.7 Å².